The van der Waals surface area contributed by atoms with Gasteiger partial charge in [0.1, 0.15) is 5.69 Å². The molecule has 0 saturated heterocycles. The Balaban J connectivity index is 2.00. The smallest absolute Gasteiger partial charge is 0.271 e. The lowest BCUT2D eigenvalue weighted by molar-refractivity contribution is 0.0419. The highest BCUT2D eigenvalue weighted by Crippen LogP contribution is 2.26. The third kappa shape index (κ3) is 2.33. The quantitative estimate of drug-likeness (QED) is 0.718. The maximum Gasteiger partial charge on any atom is 0.271 e. The van der Waals surface area contributed by atoms with E-state index in [2.05, 4.69) is 10.4 Å². The van der Waals surface area contributed by atoms with Crippen molar-refractivity contribution < 1.29 is 9.90 Å². The molecule has 6 heteroatoms. The molecule has 1 aliphatic rings. The number of rotatable bonds is 4. The van der Waals surface area contributed by atoms with Gasteiger partial charge in [-0.1, -0.05) is 0 Å². The summed E-state index contributed by atoms with van der Waals surface area (Å²) in [4.78, 5) is 12.1. The van der Waals surface area contributed by atoms with Crippen molar-refractivity contribution in [1.29, 1.82) is 0 Å². The number of hydrogen-bond donors (Lipinski definition) is 3. The molecule has 0 aliphatic heterocycles. The number of aliphatic hydroxyl groups excluding tert-OH is 1. The zero-order valence-electron chi connectivity index (χ0n) is 10.8. The zero-order valence-corrected chi connectivity index (χ0v) is 10.8. The molecule has 0 spiro atoms. The van der Waals surface area contributed by atoms with Crippen molar-refractivity contribution in [2.24, 2.45) is 5.92 Å². The van der Waals surface area contributed by atoms with E-state index in [0.717, 1.165) is 12.8 Å². The number of aliphatic hydroxyl groups is 1. The predicted octanol–water partition coefficient (Wildman–Crippen LogP) is 0.294. The van der Waals surface area contributed by atoms with Crippen LogP contribution >= 0.6 is 0 Å². The second-order valence-corrected chi connectivity index (χ2v) is 4.86. The first-order valence-electron chi connectivity index (χ1n) is 6.32. The topological polar surface area (TPSA) is 93.2 Å². The number of aromatic nitrogens is 2. The van der Waals surface area contributed by atoms with Crippen LogP contribution in [-0.2, 0) is 6.54 Å². The predicted molar refractivity (Wildman–Crippen MR) is 68.1 cm³/mol. The van der Waals surface area contributed by atoms with Gasteiger partial charge >= 0.3 is 0 Å². The molecule has 0 aromatic carbocycles. The number of nitrogens with two attached hydrogens (primary N) is 1. The molecule has 0 unspecified atom stereocenters. The van der Waals surface area contributed by atoms with Crippen LogP contribution in [0.3, 0.4) is 0 Å². The van der Waals surface area contributed by atoms with Crippen molar-refractivity contribution in [3.63, 3.8) is 0 Å². The number of nitrogens with zero attached hydrogens (tertiary/aromatic N) is 2. The van der Waals surface area contributed by atoms with Crippen molar-refractivity contribution >= 4 is 11.6 Å². The molecule has 1 aromatic heterocycles. The van der Waals surface area contributed by atoms with E-state index in [9.17, 15) is 9.90 Å². The second-order valence-electron chi connectivity index (χ2n) is 4.86. The van der Waals surface area contributed by atoms with Gasteiger partial charge in [-0.05, 0) is 32.6 Å². The summed E-state index contributed by atoms with van der Waals surface area (Å²) < 4.78 is 1.62. The van der Waals surface area contributed by atoms with Crippen molar-refractivity contribution in [2.75, 3.05) is 12.3 Å². The number of carbonyl (C=O) groups is 1. The number of amides is 1. The summed E-state index contributed by atoms with van der Waals surface area (Å²) in [6.45, 7) is 4.91. The highest BCUT2D eigenvalue weighted by molar-refractivity contribution is 5.97. The second kappa shape index (κ2) is 4.97. The average Bonchev–Trinajstić information content (AvgIpc) is 2.59. The molecule has 2 rings (SSSR count). The van der Waals surface area contributed by atoms with Gasteiger partial charge in [0.05, 0.1) is 17.5 Å². The van der Waals surface area contributed by atoms with E-state index >= 15 is 0 Å². The van der Waals surface area contributed by atoms with Crippen LogP contribution in [0.2, 0.25) is 0 Å². The van der Waals surface area contributed by atoms with Crippen LogP contribution in [0.5, 0.6) is 0 Å². The normalized spacial score (nSPS) is 22.6. The highest BCUT2D eigenvalue weighted by Gasteiger charge is 2.28. The fourth-order valence-electron chi connectivity index (χ4n) is 2.25. The molecule has 1 heterocycles. The third-order valence-corrected chi connectivity index (χ3v) is 3.45. The minimum absolute atomic E-state index is 0.184. The molecule has 18 heavy (non-hydrogen) atoms. The Labute approximate surface area is 106 Å². The van der Waals surface area contributed by atoms with E-state index in [4.69, 9.17) is 5.73 Å². The van der Waals surface area contributed by atoms with Gasteiger partial charge in [-0.3, -0.25) is 9.48 Å². The summed E-state index contributed by atoms with van der Waals surface area (Å²) in [5.74, 6) is 0.195. The SMILES string of the molecule is CCn1nc(C)c(N)c1C(=O)NCC1CC(O)C1. The third-order valence-electron chi connectivity index (χ3n) is 3.45. The molecule has 0 bridgehead atoms. The minimum atomic E-state index is -0.194. The maximum absolute atomic E-state index is 12.1. The Morgan fingerprint density at radius 1 is 1.61 bits per heavy atom. The zero-order chi connectivity index (χ0) is 13.3. The lowest BCUT2D eigenvalue weighted by atomic mass is 9.82. The van der Waals surface area contributed by atoms with Crippen LogP contribution in [0.4, 0.5) is 5.69 Å². The molecule has 1 saturated carbocycles. The van der Waals surface area contributed by atoms with Gasteiger partial charge in [0.15, 0.2) is 0 Å². The summed E-state index contributed by atoms with van der Waals surface area (Å²) in [6.07, 6.45) is 1.34. The number of nitrogen functional groups attached to an aromatic ring is 1. The Kier molecular flexibility index (Phi) is 3.56. The first kappa shape index (κ1) is 12.9. The molecular formula is C12H20N4O2. The van der Waals surface area contributed by atoms with Gasteiger partial charge in [0.2, 0.25) is 0 Å². The summed E-state index contributed by atoms with van der Waals surface area (Å²) in [5.41, 5.74) is 7.44. The van der Waals surface area contributed by atoms with Gasteiger partial charge in [-0.25, -0.2) is 0 Å². The van der Waals surface area contributed by atoms with Gasteiger partial charge in [-0.15, -0.1) is 0 Å². The molecule has 1 fully saturated rings. The lowest BCUT2D eigenvalue weighted by Crippen LogP contribution is -2.39. The van der Waals surface area contributed by atoms with Crippen LogP contribution in [0, 0.1) is 12.8 Å². The Bertz CT molecular complexity index is 449. The van der Waals surface area contributed by atoms with E-state index in [0.29, 0.717) is 36.1 Å². The molecule has 1 aromatic rings. The molecule has 6 nitrogen and oxygen atoms in total. The summed E-state index contributed by atoms with van der Waals surface area (Å²) in [6, 6.07) is 0. The van der Waals surface area contributed by atoms with Gasteiger partial charge in [0.25, 0.3) is 5.91 Å². The van der Waals surface area contributed by atoms with E-state index in [1.165, 1.54) is 0 Å². The van der Waals surface area contributed by atoms with Crippen LogP contribution < -0.4 is 11.1 Å². The molecule has 4 N–H and O–H groups in total. The van der Waals surface area contributed by atoms with Crippen molar-refractivity contribution in [3.05, 3.63) is 11.4 Å². The van der Waals surface area contributed by atoms with Crippen molar-refractivity contribution in [2.45, 2.75) is 39.3 Å². The molecule has 100 valence electrons. The molecule has 1 amide bonds. The number of hydrogen-bond acceptors (Lipinski definition) is 4. The summed E-state index contributed by atoms with van der Waals surface area (Å²) >= 11 is 0. The Morgan fingerprint density at radius 2 is 2.28 bits per heavy atom. The maximum atomic E-state index is 12.1. The molecule has 0 radical (unpaired) electrons. The molecular weight excluding hydrogens is 232 g/mol. The minimum Gasteiger partial charge on any atom is -0.395 e. The summed E-state index contributed by atoms with van der Waals surface area (Å²) in [5, 5.41) is 16.3. The van der Waals surface area contributed by atoms with Crippen LogP contribution in [-0.4, -0.2) is 33.4 Å². The van der Waals surface area contributed by atoms with Gasteiger partial charge < -0.3 is 16.2 Å². The molecule has 0 atom stereocenters. The fraction of sp³-hybridized carbons (Fsp3) is 0.667. The fourth-order valence-corrected chi connectivity index (χ4v) is 2.25. The highest BCUT2D eigenvalue weighted by atomic mass is 16.3. The van der Waals surface area contributed by atoms with E-state index in [1.807, 2.05) is 6.92 Å². The number of anilines is 1. The number of carbonyl (C=O) groups excluding carboxylic acids is 1. The standard InChI is InChI=1S/C12H20N4O2/c1-3-16-11(10(13)7(2)15-16)12(18)14-6-8-4-9(17)5-8/h8-9,17H,3-6,13H2,1-2H3,(H,14,18). The Hall–Kier alpha value is -1.56. The lowest BCUT2D eigenvalue weighted by Gasteiger charge is -2.31. The van der Waals surface area contributed by atoms with E-state index < -0.39 is 0 Å². The van der Waals surface area contributed by atoms with Gasteiger partial charge in [-0.2, -0.15) is 5.10 Å². The number of aryl methyl sites for hydroxylation is 2. The van der Waals surface area contributed by atoms with Gasteiger partial charge in [0, 0.05) is 13.1 Å². The van der Waals surface area contributed by atoms with Crippen LogP contribution in [0.1, 0.15) is 35.9 Å². The summed E-state index contributed by atoms with van der Waals surface area (Å²) in [7, 11) is 0. The van der Waals surface area contributed by atoms with Crippen molar-refractivity contribution in [3.8, 4) is 0 Å². The van der Waals surface area contributed by atoms with E-state index in [1.54, 1.807) is 11.6 Å². The van der Waals surface area contributed by atoms with E-state index in [-0.39, 0.29) is 12.0 Å². The first-order chi connectivity index (χ1) is 8.52. The van der Waals surface area contributed by atoms with Crippen molar-refractivity contribution in [1.82, 2.24) is 15.1 Å². The Morgan fingerprint density at radius 3 is 2.83 bits per heavy atom. The largest absolute Gasteiger partial charge is 0.395 e. The monoisotopic (exact) mass is 252 g/mol. The number of nitrogens with one attached hydrogen (secondary N) is 1. The first-order valence-corrected chi connectivity index (χ1v) is 6.32. The van der Waals surface area contributed by atoms with Crippen LogP contribution in [0.15, 0.2) is 0 Å². The van der Waals surface area contributed by atoms with Crippen LogP contribution in [0.25, 0.3) is 0 Å². The molecule has 1 aliphatic carbocycles. The average molecular weight is 252 g/mol.